The molecule has 0 aliphatic carbocycles. The average Bonchev–Trinajstić information content (AvgIpc) is 3.63. The van der Waals surface area contributed by atoms with Gasteiger partial charge in [-0.25, -0.2) is 4.98 Å². The number of benzene rings is 4. The van der Waals surface area contributed by atoms with Crippen molar-refractivity contribution < 1.29 is 9.59 Å². The Morgan fingerprint density at radius 2 is 1.33 bits per heavy atom. The van der Waals surface area contributed by atoms with Gasteiger partial charge in [-0.2, -0.15) is 0 Å². The fraction of sp³-hybridized carbons (Fsp3) is 0.375. The number of amides is 2. The molecule has 4 aromatic carbocycles. The van der Waals surface area contributed by atoms with Crippen LogP contribution >= 0.6 is 11.3 Å². The van der Waals surface area contributed by atoms with Gasteiger partial charge in [0.15, 0.2) is 5.13 Å². The number of anilines is 1. The molecule has 0 spiro atoms. The number of rotatable bonds is 13. The van der Waals surface area contributed by atoms with E-state index < -0.39 is 12.1 Å². The fourth-order valence-electron chi connectivity index (χ4n) is 7.17. The highest BCUT2D eigenvalue weighted by molar-refractivity contribution is 7.13. The quantitative estimate of drug-likeness (QED) is 0.127. The second-order valence-corrected chi connectivity index (χ2v) is 14.7. The fourth-order valence-corrected chi connectivity index (χ4v) is 7.72. The Balaban J connectivity index is 1.20. The summed E-state index contributed by atoms with van der Waals surface area (Å²) >= 11 is 1.56. The number of nitrogens with one attached hydrogen (secondary N) is 1. The second kappa shape index (κ2) is 15.9. The molecule has 256 valence electrons. The van der Waals surface area contributed by atoms with Crippen LogP contribution in [0.5, 0.6) is 0 Å². The van der Waals surface area contributed by atoms with Gasteiger partial charge in [0.25, 0.3) is 0 Å². The molecule has 0 saturated carbocycles. The average molecular weight is 677 g/mol. The van der Waals surface area contributed by atoms with E-state index in [2.05, 4.69) is 84.8 Å². The van der Waals surface area contributed by atoms with Crippen LogP contribution in [0.3, 0.4) is 0 Å². The van der Waals surface area contributed by atoms with E-state index in [9.17, 15) is 9.59 Å². The van der Waals surface area contributed by atoms with Gasteiger partial charge in [0.05, 0.1) is 12.1 Å². The van der Waals surface area contributed by atoms with Crippen LogP contribution in [0.2, 0.25) is 0 Å². The number of nitrogens with two attached hydrogens (primary N) is 2. The van der Waals surface area contributed by atoms with Crippen LogP contribution in [0.4, 0.5) is 5.13 Å². The Labute approximate surface area is 293 Å². The van der Waals surface area contributed by atoms with Crippen molar-refractivity contribution in [1.29, 1.82) is 0 Å². The van der Waals surface area contributed by atoms with Crippen LogP contribution in [0, 0.1) is 5.92 Å². The number of aromatic nitrogens is 1. The van der Waals surface area contributed by atoms with Crippen LogP contribution in [-0.2, 0) is 22.4 Å². The van der Waals surface area contributed by atoms with Gasteiger partial charge < -0.3 is 26.6 Å². The number of piperazine rings is 1. The van der Waals surface area contributed by atoms with Crippen molar-refractivity contribution in [3.63, 3.8) is 0 Å². The Hall–Kier alpha value is -4.31. The summed E-state index contributed by atoms with van der Waals surface area (Å²) in [6.45, 7) is 5.92. The number of thiazole rings is 1. The maximum Gasteiger partial charge on any atom is 0.240 e. The van der Waals surface area contributed by atoms with Crippen molar-refractivity contribution >= 4 is 49.8 Å². The van der Waals surface area contributed by atoms with E-state index in [1.807, 2.05) is 39.4 Å². The smallest absolute Gasteiger partial charge is 0.240 e. The van der Waals surface area contributed by atoms with Crippen LogP contribution in [-0.4, -0.2) is 70.4 Å². The molecule has 2 amide bonds. The minimum absolute atomic E-state index is 0.0581. The molecule has 9 heteroatoms. The first-order chi connectivity index (χ1) is 23.7. The normalized spacial score (nSPS) is 17.8. The highest BCUT2D eigenvalue weighted by Crippen LogP contribution is 2.27. The van der Waals surface area contributed by atoms with Gasteiger partial charge in [-0.05, 0) is 70.7 Å². The first-order valence-corrected chi connectivity index (χ1v) is 18.3. The largest absolute Gasteiger partial charge is 0.362 e. The first kappa shape index (κ1) is 34.5. The number of hydrogen-bond acceptors (Lipinski definition) is 7. The number of fused-ring (bicyclic) bond motifs is 2. The van der Waals surface area contributed by atoms with E-state index in [0.29, 0.717) is 31.8 Å². The Morgan fingerprint density at radius 1 is 0.796 bits per heavy atom. The van der Waals surface area contributed by atoms with Crippen LogP contribution in [0.15, 0.2) is 96.5 Å². The van der Waals surface area contributed by atoms with Crippen LogP contribution in [0.1, 0.15) is 44.2 Å². The van der Waals surface area contributed by atoms with E-state index in [1.54, 1.807) is 17.5 Å². The molecule has 0 bridgehead atoms. The van der Waals surface area contributed by atoms with Crippen molar-refractivity contribution in [3.05, 3.63) is 108 Å². The van der Waals surface area contributed by atoms with Crippen molar-refractivity contribution in [2.75, 3.05) is 25.0 Å². The lowest BCUT2D eigenvalue weighted by Crippen LogP contribution is -2.65. The minimum Gasteiger partial charge on any atom is -0.362 e. The molecule has 6 rings (SSSR count). The molecule has 1 fully saturated rings. The number of carbonyl (C=O) groups is 2. The van der Waals surface area contributed by atoms with Crippen molar-refractivity contribution in [1.82, 2.24) is 14.8 Å². The molecule has 49 heavy (non-hydrogen) atoms. The third-order valence-electron chi connectivity index (χ3n) is 9.60. The van der Waals surface area contributed by atoms with Crippen LogP contribution < -0.4 is 16.8 Å². The van der Waals surface area contributed by atoms with Gasteiger partial charge >= 0.3 is 0 Å². The maximum absolute atomic E-state index is 14.2. The summed E-state index contributed by atoms with van der Waals surface area (Å²) in [5.74, 6) is 0.212. The summed E-state index contributed by atoms with van der Waals surface area (Å²) < 4.78 is 0. The van der Waals surface area contributed by atoms with Gasteiger partial charge in [-0.1, -0.05) is 98.8 Å². The number of carbonyl (C=O) groups excluding carboxylic acids is 2. The SMILES string of the molecule is CC(C)C[C@@H]1CN(C(=O)[C@H](N)Cc2ccc3ccccc3c2)[C@@H](CCCNc2nccs2)CN1C(=O)[C@H](N)Cc1ccc2ccccc2c1. The lowest BCUT2D eigenvalue weighted by molar-refractivity contribution is -0.149. The molecule has 2 heterocycles. The summed E-state index contributed by atoms with van der Waals surface area (Å²) in [5, 5.41) is 10.8. The summed E-state index contributed by atoms with van der Waals surface area (Å²) in [6, 6.07) is 27.3. The predicted molar refractivity (Wildman–Crippen MR) is 202 cm³/mol. The summed E-state index contributed by atoms with van der Waals surface area (Å²) in [7, 11) is 0. The zero-order valence-electron chi connectivity index (χ0n) is 28.5. The first-order valence-electron chi connectivity index (χ1n) is 17.5. The predicted octanol–water partition coefficient (Wildman–Crippen LogP) is 6.24. The van der Waals surface area contributed by atoms with Gasteiger partial charge in [0, 0.05) is 43.3 Å². The zero-order chi connectivity index (χ0) is 34.3. The molecule has 0 radical (unpaired) electrons. The Morgan fingerprint density at radius 3 is 1.86 bits per heavy atom. The highest BCUT2D eigenvalue weighted by Gasteiger charge is 2.40. The molecule has 1 aromatic heterocycles. The molecule has 8 nitrogen and oxygen atoms in total. The van der Waals surface area contributed by atoms with E-state index in [-0.39, 0.29) is 23.9 Å². The van der Waals surface area contributed by atoms with Crippen molar-refractivity contribution in [3.8, 4) is 0 Å². The third-order valence-corrected chi connectivity index (χ3v) is 10.3. The molecule has 1 saturated heterocycles. The Bertz CT molecular complexity index is 1860. The van der Waals surface area contributed by atoms with E-state index in [1.165, 1.54) is 0 Å². The molecular weight excluding hydrogens is 629 g/mol. The topological polar surface area (TPSA) is 118 Å². The van der Waals surface area contributed by atoms with Gasteiger partial charge in [0.1, 0.15) is 0 Å². The van der Waals surface area contributed by atoms with Crippen LogP contribution in [0.25, 0.3) is 21.5 Å². The summed E-state index contributed by atoms with van der Waals surface area (Å²) in [5.41, 5.74) is 15.5. The van der Waals surface area contributed by atoms with Gasteiger partial charge in [-0.3, -0.25) is 9.59 Å². The Kier molecular flexibility index (Phi) is 11.2. The lowest BCUT2D eigenvalue weighted by atomic mass is 9.93. The van der Waals surface area contributed by atoms with Gasteiger partial charge in [-0.15, -0.1) is 11.3 Å². The highest BCUT2D eigenvalue weighted by atomic mass is 32.1. The molecule has 5 aromatic rings. The van der Waals surface area contributed by atoms with E-state index >= 15 is 0 Å². The number of hydrogen-bond donors (Lipinski definition) is 3. The third kappa shape index (κ3) is 8.65. The molecule has 1 aliphatic heterocycles. The number of nitrogens with zero attached hydrogens (tertiary/aromatic N) is 3. The molecule has 4 atom stereocenters. The molecule has 1 aliphatic rings. The van der Waals surface area contributed by atoms with Gasteiger partial charge in [0.2, 0.25) is 11.8 Å². The molecule has 5 N–H and O–H groups in total. The minimum atomic E-state index is -0.686. The van der Waals surface area contributed by atoms with Crippen molar-refractivity contribution in [2.24, 2.45) is 17.4 Å². The van der Waals surface area contributed by atoms with Crippen molar-refractivity contribution in [2.45, 2.75) is 70.1 Å². The summed E-state index contributed by atoms with van der Waals surface area (Å²) in [6.07, 6.45) is 5.00. The standard InChI is InChI=1S/C40H48N6O2S/c1-27(2)20-35-26-45(38(47)36(41)23-28-13-15-30-8-3-5-10-32(30)21-28)34(12-7-17-43-40-44-18-19-49-40)25-46(35)39(48)37(42)24-29-14-16-31-9-4-6-11-33(31)22-29/h3-6,8-11,13-16,18-19,21-22,27,34-37H,7,12,17,20,23-26,41-42H2,1-2H3,(H,43,44)/t34-,35+,36+,37+/m0/s1. The molecule has 0 unspecified atom stereocenters. The lowest BCUT2D eigenvalue weighted by Gasteiger charge is -2.48. The molecular formula is C40H48N6O2S. The van der Waals surface area contributed by atoms with E-state index in [0.717, 1.165) is 63.6 Å². The second-order valence-electron chi connectivity index (χ2n) is 13.8. The summed E-state index contributed by atoms with van der Waals surface area (Å²) in [4.78, 5) is 36.7. The maximum atomic E-state index is 14.2. The van der Waals surface area contributed by atoms with E-state index in [4.69, 9.17) is 11.5 Å². The monoisotopic (exact) mass is 676 g/mol. The zero-order valence-corrected chi connectivity index (χ0v) is 29.3.